The van der Waals surface area contributed by atoms with Crippen molar-refractivity contribution in [1.82, 2.24) is 5.48 Å². The Kier molecular flexibility index (Phi) is 7.62. The average molecular weight is 216 g/mol. The van der Waals surface area contributed by atoms with Gasteiger partial charge in [-0.25, -0.2) is 5.48 Å². The fraction of sp³-hybridized carbons (Fsp3) is 0.800. The van der Waals surface area contributed by atoms with E-state index in [0.29, 0.717) is 0 Å². The molecule has 0 spiro atoms. The normalized spacial score (nSPS) is 10.3. The second-order valence-electron chi connectivity index (χ2n) is 3.50. The van der Waals surface area contributed by atoms with E-state index in [1.807, 2.05) is 13.8 Å². The Labute approximate surface area is 90.3 Å². The second kappa shape index (κ2) is 8.23. The van der Waals surface area contributed by atoms with Crippen LogP contribution in [0.5, 0.6) is 0 Å². The monoisotopic (exact) mass is 216 g/mol. The number of carbonyl (C=O) groups is 2. The van der Waals surface area contributed by atoms with Crippen molar-refractivity contribution in [2.75, 3.05) is 6.61 Å². The van der Waals surface area contributed by atoms with Gasteiger partial charge in [0.15, 0.2) is 6.61 Å². The molecule has 0 radical (unpaired) electrons. The molecule has 0 aliphatic carbocycles. The van der Waals surface area contributed by atoms with Crippen LogP contribution in [0.3, 0.4) is 0 Å². The smallest absolute Gasteiger partial charge is 0.246 e. The van der Waals surface area contributed by atoms with Crippen LogP contribution in [-0.4, -0.2) is 18.4 Å². The number of nitrogens with two attached hydrogens (primary N) is 1. The molecule has 5 nitrogen and oxygen atoms in total. The Bertz CT molecular complexity index is 201. The van der Waals surface area contributed by atoms with Gasteiger partial charge in [-0.2, -0.15) is 0 Å². The zero-order chi connectivity index (χ0) is 11.7. The molecule has 0 aromatic carbocycles. The summed E-state index contributed by atoms with van der Waals surface area (Å²) in [5.41, 5.74) is 7.10. The summed E-state index contributed by atoms with van der Waals surface area (Å²) < 4.78 is 0. The molecule has 3 N–H and O–H groups in total. The minimum absolute atomic E-state index is 0.0344. The van der Waals surface area contributed by atoms with Crippen molar-refractivity contribution < 1.29 is 14.4 Å². The van der Waals surface area contributed by atoms with Gasteiger partial charge >= 0.3 is 0 Å². The van der Waals surface area contributed by atoms with Crippen LogP contribution in [0, 0.1) is 5.92 Å². The van der Waals surface area contributed by atoms with Crippen LogP contribution >= 0.6 is 0 Å². The largest absolute Gasteiger partial charge is 0.368 e. The highest BCUT2D eigenvalue weighted by molar-refractivity contribution is 5.78. The molecule has 0 saturated heterocycles. The molecular formula is C10H20N2O3. The molecule has 2 amide bonds. The number of hydrogen-bond acceptors (Lipinski definition) is 3. The van der Waals surface area contributed by atoms with Crippen LogP contribution in [0.1, 0.15) is 39.5 Å². The van der Waals surface area contributed by atoms with E-state index >= 15 is 0 Å². The van der Waals surface area contributed by atoms with Gasteiger partial charge in [0.2, 0.25) is 11.8 Å². The lowest BCUT2D eigenvalue weighted by atomic mass is 9.98. The van der Waals surface area contributed by atoms with E-state index in [1.54, 1.807) is 0 Å². The Morgan fingerprint density at radius 2 is 1.80 bits per heavy atom. The molecule has 0 atom stereocenters. The van der Waals surface area contributed by atoms with E-state index < -0.39 is 5.91 Å². The van der Waals surface area contributed by atoms with Gasteiger partial charge in [-0.05, 0) is 12.8 Å². The molecule has 88 valence electrons. The third-order valence-corrected chi connectivity index (χ3v) is 2.03. The SMILES string of the molecule is CCCC(CCC)C(=O)NOCC(N)=O. The Hall–Kier alpha value is -1.10. The Morgan fingerprint density at radius 1 is 1.27 bits per heavy atom. The van der Waals surface area contributed by atoms with Gasteiger partial charge in [-0.3, -0.25) is 14.4 Å². The van der Waals surface area contributed by atoms with Gasteiger partial charge in [-0.15, -0.1) is 0 Å². The number of hydroxylamine groups is 1. The van der Waals surface area contributed by atoms with Crippen molar-refractivity contribution in [3.8, 4) is 0 Å². The minimum atomic E-state index is -0.599. The van der Waals surface area contributed by atoms with E-state index in [-0.39, 0.29) is 18.4 Å². The van der Waals surface area contributed by atoms with Crippen molar-refractivity contribution in [2.45, 2.75) is 39.5 Å². The average Bonchev–Trinajstić information content (AvgIpc) is 2.16. The highest BCUT2D eigenvalue weighted by Crippen LogP contribution is 2.13. The molecule has 0 aromatic heterocycles. The zero-order valence-corrected chi connectivity index (χ0v) is 9.41. The highest BCUT2D eigenvalue weighted by Gasteiger charge is 2.16. The standard InChI is InChI=1S/C10H20N2O3/c1-3-5-8(6-4-2)10(14)12-15-7-9(11)13/h8H,3-7H2,1-2H3,(H2,11,13)(H,12,14). The van der Waals surface area contributed by atoms with E-state index in [0.717, 1.165) is 25.7 Å². The quantitative estimate of drug-likeness (QED) is 0.587. The maximum Gasteiger partial charge on any atom is 0.246 e. The number of hydrogen-bond donors (Lipinski definition) is 2. The molecule has 15 heavy (non-hydrogen) atoms. The van der Waals surface area contributed by atoms with Crippen LogP contribution in [0.4, 0.5) is 0 Å². The fourth-order valence-corrected chi connectivity index (χ4v) is 1.37. The van der Waals surface area contributed by atoms with Crippen LogP contribution < -0.4 is 11.2 Å². The van der Waals surface area contributed by atoms with Gasteiger partial charge < -0.3 is 5.73 Å². The summed E-state index contributed by atoms with van der Waals surface area (Å²) in [6.07, 6.45) is 3.57. The first-order valence-electron chi connectivity index (χ1n) is 5.31. The van der Waals surface area contributed by atoms with Crippen molar-refractivity contribution >= 4 is 11.8 Å². The van der Waals surface area contributed by atoms with E-state index in [2.05, 4.69) is 10.3 Å². The fourth-order valence-electron chi connectivity index (χ4n) is 1.37. The van der Waals surface area contributed by atoms with Crippen LogP contribution in [0.15, 0.2) is 0 Å². The van der Waals surface area contributed by atoms with Gasteiger partial charge in [0.05, 0.1) is 0 Å². The van der Waals surface area contributed by atoms with Gasteiger partial charge in [0.1, 0.15) is 0 Å². The summed E-state index contributed by atoms with van der Waals surface area (Å²) >= 11 is 0. The predicted molar refractivity (Wildman–Crippen MR) is 56.6 cm³/mol. The molecule has 0 aliphatic rings. The van der Waals surface area contributed by atoms with Crippen LogP contribution in [0.2, 0.25) is 0 Å². The molecule has 0 aliphatic heterocycles. The van der Waals surface area contributed by atoms with Gasteiger partial charge in [0.25, 0.3) is 0 Å². The molecular weight excluding hydrogens is 196 g/mol. The van der Waals surface area contributed by atoms with Crippen LogP contribution in [0.25, 0.3) is 0 Å². The summed E-state index contributed by atoms with van der Waals surface area (Å²) in [5.74, 6) is -0.800. The molecule has 0 saturated carbocycles. The summed E-state index contributed by atoms with van der Waals surface area (Å²) in [6, 6.07) is 0. The van der Waals surface area contributed by atoms with E-state index in [4.69, 9.17) is 5.73 Å². The number of rotatable bonds is 8. The molecule has 5 heteroatoms. The topological polar surface area (TPSA) is 81.4 Å². The first-order chi connectivity index (χ1) is 7.11. The lowest BCUT2D eigenvalue weighted by molar-refractivity contribution is -0.141. The minimum Gasteiger partial charge on any atom is -0.368 e. The lowest BCUT2D eigenvalue weighted by Crippen LogP contribution is -2.33. The summed E-state index contributed by atoms with van der Waals surface area (Å²) in [4.78, 5) is 26.5. The number of amides is 2. The predicted octanol–water partition coefficient (Wildman–Crippen LogP) is 0.736. The van der Waals surface area contributed by atoms with Crippen LogP contribution in [-0.2, 0) is 14.4 Å². The molecule has 0 rings (SSSR count). The molecule has 0 heterocycles. The first-order valence-corrected chi connectivity index (χ1v) is 5.31. The number of nitrogens with one attached hydrogen (secondary N) is 1. The number of primary amides is 1. The first kappa shape index (κ1) is 13.9. The van der Waals surface area contributed by atoms with Gasteiger partial charge in [-0.1, -0.05) is 26.7 Å². The summed E-state index contributed by atoms with van der Waals surface area (Å²) in [6.45, 7) is 3.77. The number of carbonyl (C=O) groups excluding carboxylic acids is 2. The van der Waals surface area contributed by atoms with Gasteiger partial charge in [0, 0.05) is 5.92 Å². The zero-order valence-electron chi connectivity index (χ0n) is 9.41. The third-order valence-electron chi connectivity index (χ3n) is 2.03. The van der Waals surface area contributed by atoms with Crippen molar-refractivity contribution in [1.29, 1.82) is 0 Å². The molecule has 0 unspecified atom stereocenters. The van der Waals surface area contributed by atoms with Crippen molar-refractivity contribution in [3.63, 3.8) is 0 Å². The highest BCUT2D eigenvalue weighted by atomic mass is 16.7. The van der Waals surface area contributed by atoms with E-state index in [9.17, 15) is 9.59 Å². The lowest BCUT2D eigenvalue weighted by Gasteiger charge is -2.14. The van der Waals surface area contributed by atoms with Crippen molar-refractivity contribution in [3.05, 3.63) is 0 Å². The van der Waals surface area contributed by atoms with E-state index in [1.165, 1.54) is 0 Å². The Morgan fingerprint density at radius 3 is 2.20 bits per heavy atom. The maximum absolute atomic E-state index is 11.5. The molecule has 0 fully saturated rings. The maximum atomic E-state index is 11.5. The molecule has 0 aromatic rings. The summed E-state index contributed by atoms with van der Waals surface area (Å²) in [5, 5.41) is 0. The second-order valence-corrected chi connectivity index (χ2v) is 3.50. The summed E-state index contributed by atoms with van der Waals surface area (Å²) in [7, 11) is 0. The third kappa shape index (κ3) is 6.90. The molecule has 0 bridgehead atoms. The Balaban J connectivity index is 3.85. The van der Waals surface area contributed by atoms with Crippen molar-refractivity contribution in [2.24, 2.45) is 11.7 Å².